The number of halogens is 1. The number of hydrogen-bond donors (Lipinski definition) is 0. The van der Waals surface area contributed by atoms with Gasteiger partial charge < -0.3 is 4.90 Å². The van der Waals surface area contributed by atoms with Crippen LogP contribution in [0.25, 0.3) is 0 Å². The van der Waals surface area contributed by atoms with Crippen LogP contribution in [0.1, 0.15) is 39.5 Å². The summed E-state index contributed by atoms with van der Waals surface area (Å²) >= 11 is 0. The lowest BCUT2D eigenvalue weighted by atomic mass is 9.98. The summed E-state index contributed by atoms with van der Waals surface area (Å²) in [5.74, 6) is 0.599. The summed E-state index contributed by atoms with van der Waals surface area (Å²) in [4.78, 5) is 2.40. The SMILES string of the molecule is CCCC1CC(CC(C)F)CN1C. The highest BCUT2D eigenvalue weighted by atomic mass is 19.1. The molecule has 3 unspecified atom stereocenters. The minimum absolute atomic E-state index is 0.599. The molecule has 1 rings (SSSR count). The van der Waals surface area contributed by atoms with Crippen LogP contribution in [0.2, 0.25) is 0 Å². The molecule has 0 aromatic heterocycles. The summed E-state index contributed by atoms with van der Waals surface area (Å²) < 4.78 is 12.8. The number of alkyl halides is 1. The van der Waals surface area contributed by atoms with E-state index in [0.717, 1.165) is 13.0 Å². The van der Waals surface area contributed by atoms with Crippen LogP contribution in [0.15, 0.2) is 0 Å². The van der Waals surface area contributed by atoms with E-state index < -0.39 is 6.17 Å². The molecule has 0 bridgehead atoms. The van der Waals surface area contributed by atoms with E-state index in [0.29, 0.717) is 12.0 Å². The number of hydrogen-bond acceptors (Lipinski definition) is 1. The number of nitrogens with zero attached hydrogens (tertiary/aromatic N) is 1. The largest absolute Gasteiger partial charge is 0.303 e. The Kier molecular flexibility index (Phi) is 4.17. The minimum atomic E-state index is -0.626. The maximum absolute atomic E-state index is 12.8. The molecule has 0 saturated carbocycles. The first-order valence-corrected chi connectivity index (χ1v) is 5.47. The van der Waals surface area contributed by atoms with E-state index in [-0.39, 0.29) is 0 Å². The Hall–Kier alpha value is -0.110. The van der Waals surface area contributed by atoms with Crippen molar-refractivity contribution in [2.45, 2.75) is 51.7 Å². The Bertz CT molecular complexity index is 147. The second kappa shape index (κ2) is 4.94. The van der Waals surface area contributed by atoms with Crippen LogP contribution >= 0.6 is 0 Å². The number of rotatable bonds is 4. The molecule has 0 aromatic carbocycles. The molecule has 1 heterocycles. The highest BCUT2D eigenvalue weighted by Crippen LogP contribution is 2.28. The topological polar surface area (TPSA) is 3.24 Å². The van der Waals surface area contributed by atoms with Crippen LogP contribution in [-0.2, 0) is 0 Å². The van der Waals surface area contributed by atoms with Crippen molar-refractivity contribution in [2.75, 3.05) is 13.6 Å². The third-order valence-electron chi connectivity index (χ3n) is 3.05. The Labute approximate surface area is 81.3 Å². The lowest BCUT2D eigenvalue weighted by Gasteiger charge is -2.17. The van der Waals surface area contributed by atoms with Gasteiger partial charge in [0.15, 0.2) is 0 Å². The molecule has 0 amide bonds. The van der Waals surface area contributed by atoms with Crippen molar-refractivity contribution in [1.82, 2.24) is 4.90 Å². The Morgan fingerprint density at radius 3 is 2.77 bits per heavy atom. The van der Waals surface area contributed by atoms with Gasteiger partial charge >= 0.3 is 0 Å². The smallest absolute Gasteiger partial charge is 0.0976 e. The molecule has 0 spiro atoms. The zero-order chi connectivity index (χ0) is 9.84. The average molecular weight is 187 g/mol. The second-order valence-corrected chi connectivity index (χ2v) is 4.50. The molecule has 0 N–H and O–H groups in total. The fraction of sp³-hybridized carbons (Fsp3) is 1.00. The predicted octanol–water partition coefficient (Wildman–Crippen LogP) is 2.85. The van der Waals surface area contributed by atoms with Crippen molar-refractivity contribution in [3.05, 3.63) is 0 Å². The van der Waals surface area contributed by atoms with Crippen molar-refractivity contribution < 1.29 is 4.39 Å². The Morgan fingerprint density at radius 1 is 1.54 bits per heavy atom. The summed E-state index contributed by atoms with van der Waals surface area (Å²) in [7, 11) is 2.17. The summed E-state index contributed by atoms with van der Waals surface area (Å²) in [6.45, 7) is 4.99. The van der Waals surface area contributed by atoms with E-state index in [2.05, 4.69) is 18.9 Å². The molecule has 0 radical (unpaired) electrons. The Balaban J connectivity index is 2.31. The van der Waals surface area contributed by atoms with Gasteiger partial charge in [-0.05, 0) is 39.2 Å². The van der Waals surface area contributed by atoms with Gasteiger partial charge in [0.1, 0.15) is 0 Å². The molecule has 2 heteroatoms. The van der Waals surface area contributed by atoms with E-state index in [1.165, 1.54) is 19.3 Å². The zero-order valence-electron chi connectivity index (χ0n) is 9.09. The number of likely N-dealkylation sites (tertiary alicyclic amines) is 1. The van der Waals surface area contributed by atoms with E-state index in [1.54, 1.807) is 6.92 Å². The first-order chi connectivity index (χ1) is 6.13. The summed E-state index contributed by atoms with van der Waals surface area (Å²) in [5.41, 5.74) is 0. The third-order valence-corrected chi connectivity index (χ3v) is 3.05. The fourth-order valence-electron chi connectivity index (χ4n) is 2.50. The van der Waals surface area contributed by atoms with Gasteiger partial charge in [-0.15, -0.1) is 0 Å². The van der Waals surface area contributed by atoms with E-state index >= 15 is 0 Å². The van der Waals surface area contributed by atoms with Gasteiger partial charge in [0, 0.05) is 12.6 Å². The molecule has 13 heavy (non-hydrogen) atoms. The molecule has 1 aliphatic rings. The maximum atomic E-state index is 12.8. The van der Waals surface area contributed by atoms with Crippen molar-refractivity contribution in [2.24, 2.45) is 5.92 Å². The zero-order valence-corrected chi connectivity index (χ0v) is 9.09. The van der Waals surface area contributed by atoms with E-state index in [4.69, 9.17) is 0 Å². The predicted molar refractivity (Wildman–Crippen MR) is 54.6 cm³/mol. The van der Waals surface area contributed by atoms with Crippen molar-refractivity contribution in [3.63, 3.8) is 0 Å². The van der Waals surface area contributed by atoms with Crippen LogP contribution < -0.4 is 0 Å². The standard InChI is InChI=1S/C11H22FN/c1-4-5-11-7-10(6-9(2)12)8-13(11)3/h9-11H,4-8H2,1-3H3. The van der Waals surface area contributed by atoms with Crippen LogP contribution in [0, 0.1) is 5.92 Å². The molecular formula is C11H22FN. The quantitative estimate of drug-likeness (QED) is 0.654. The third kappa shape index (κ3) is 3.26. The fourth-order valence-corrected chi connectivity index (χ4v) is 2.50. The van der Waals surface area contributed by atoms with Gasteiger partial charge in [0.2, 0.25) is 0 Å². The lowest BCUT2D eigenvalue weighted by Crippen LogP contribution is -2.24. The molecule has 1 nitrogen and oxygen atoms in total. The van der Waals surface area contributed by atoms with Crippen molar-refractivity contribution in [3.8, 4) is 0 Å². The van der Waals surface area contributed by atoms with E-state index in [1.807, 2.05) is 0 Å². The average Bonchev–Trinajstić information content (AvgIpc) is 2.31. The molecule has 3 atom stereocenters. The molecule has 0 aromatic rings. The highest BCUT2D eigenvalue weighted by molar-refractivity contribution is 4.83. The lowest BCUT2D eigenvalue weighted by molar-refractivity contribution is 0.276. The van der Waals surface area contributed by atoms with Crippen molar-refractivity contribution >= 4 is 0 Å². The minimum Gasteiger partial charge on any atom is -0.303 e. The van der Waals surface area contributed by atoms with Gasteiger partial charge in [0.25, 0.3) is 0 Å². The van der Waals surface area contributed by atoms with Gasteiger partial charge in [-0.3, -0.25) is 0 Å². The van der Waals surface area contributed by atoms with Crippen LogP contribution in [-0.4, -0.2) is 30.7 Å². The van der Waals surface area contributed by atoms with Gasteiger partial charge in [-0.1, -0.05) is 13.3 Å². The highest BCUT2D eigenvalue weighted by Gasteiger charge is 2.29. The maximum Gasteiger partial charge on any atom is 0.0976 e. The van der Waals surface area contributed by atoms with Gasteiger partial charge in [-0.25, -0.2) is 4.39 Å². The molecule has 78 valence electrons. The summed E-state index contributed by atoms with van der Waals surface area (Å²) in [6.07, 6.45) is 3.85. The molecule has 0 aliphatic carbocycles. The van der Waals surface area contributed by atoms with Gasteiger partial charge in [0.05, 0.1) is 6.17 Å². The summed E-state index contributed by atoms with van der Waals surface area (Å²) in [6, 6.07) is 0.716. The normalized spacial score (nSPS) is 32.3. The Morgan fingerprint density at radius 2 is 2.23 bits per heavy atom. The molecule has 1 fully saturated rings. The first kappa shape index (κ1) is 11.0. The van der Waals surface area contributed by atoms with Crippen LogP contribution in [0.4, 0.5) is 4.39 Å². The van der Waals surface area contributed by atoms with E-state index in [9.17, 15) is 4.39 Å². The molecular weight excluding hydrogens is 165 g/mol. The van der Waals surface area contributed by atoms with Crippen molar-refractivity contribution in [1.29, 1.82) is 0 Å². The second-order valence-electron chi connectivity index (χ2n) is 4.50. The molecule has 1 aliphatic heterocycles. The molecule has 1 saturated heterocycles. The van der Waals surface area contributed by atoms with Crippen LogP contribution in [0.3, 0.4) is 0 Å². The monoisotopic (exact) mass is 187 g/mol. The van der Waals surface area contributed by atoms with Gasteiger partial charge in [-0.2, -0.15) is 0 Å². The van der Waals surface area contributed by atoms with Crippen LogP contribution in [0.5, 0.6) is 0 Å². The summed E-state index contributed by atoms with van der Waals surface area (Å²) in [5, 5.41) is 0. The first-order valence-electron chi connectivity index (χ1n) is 5.47.